The van der Waals surface area contributed by atoms with Gasteiger partial charge in [-0.1, -0.05) is 13.8 Å². The third-order valence-electron chi connectivity index (χ3n) is 4.14. The van der Waals surface area contributed by atoms with Gasteiger partial charge in [0, 0.05) is 0 Å². The molecule has 0 rings (SSSR count). The SMILES string of the molecule is CSCCC(NC(=O)C(CC(C)C)NC(=O)C(N)C(C)O)C(=O)NC(C)C(=O)O. The first-order chi connectivity index (χ1) is 13.4. The molecule has 10 nitrogen and oxygen atoms in total. The van der Waals surface area contributed by atoms with Gasteiger partial charge in [-0.3, -0.25) is 19.2 Å². The number of nitrogens with two attached hydrogens (primary N) is 1. The zero-order valence-electron chi connectivity index (χ0n) is 17.6. The molecule has 0 fully saturated rings. The molecule has 0 radical (unpaired) electrons. The normalized spacial score (nSPS) is 16.3. The highest BCUT2D eigenvalue weighted by Gasteiger charge is 2.30. The summed E-state index contributed by atoms with van der Waals surface area (Å²) in [6.07, 6.45) is 1.35. The van der Waals surface area contributed by atoms with E-state index < -0.39 is 54.0 Å². The minimum Gasteiger partial charge on any atom is -0.480 e. The maximum atomic E-state index is 12.8. The third-order valence-corrected chi connectivity index (χ3v) is 4.78. The van der Waals surface area contributed by atoms with E-state index in [1.54, 1.807) is 0 Å². The first-order valence-corrected chi connectivity index (χ1v) is 10.9. The molecule has 0 aromatic carbocycles. The fourth-order valence-corrected chi connectivity index (χ4v) is 2.81. The van der Waals surface area contributed by atoms with Crippen LogP contribution in [-0.2, 0) is 19.2 Å². The highest BCUT2D eigenvalue weighted by molar-refractivity contribution is 7.98. The van der Waals surface area contributed by atoms with E-state index in [4.69, 9.17) is 10.8 Å². The zero-order valence-corrected chi connectivity index (χ0v) is 18.4. The van der Waals surface area contributed by atoms with Crippen LogP contribution in [0.2, 0.25) is 0 Å². The lowest BCUT2D eigenvalue weighted by Crippen LogP contribution is -2.58. The van der Waals surface area contributed by atoms with Crippen molar-refractivity contribution in [2.45, 2.75) is 70.8 Å². The number of carbonyl (C=O) groups is 4. The van der Waals surface area contributed by atoms with E-state index in [1.165, 1.54) is 25.6 Å². The maximum absolute atomic E-state index is 12.8. The van der Waals surface area contributed by atoms with Crippen molar-refractivity contribution >= 4 is 35.5 Å². The summed E-state index contributed by atoms with van der Waals surface area (Å²) in [7, 11) is 0. The minimum absolute atomic E-state index is 0.0549. The molecule has 0 heterocycles. The lowest BCUT2D eigenvalue weighted by Gasteiger charge is -2.26. The maximum Gasteiger partial charge on any atom is 0.325 e. The van der Waals surface area contributed by atoms with Gasteiger partial charge in [0.25, 0.3) is 0 Å². The fourth-order valence-electron chi connectivity index (χ4n) is 2.34. The van der Waals surface area contributed by atoms with Crippen molar-refractivity contribution in [1.82, 2.24) is 16.0 Å². The Balaban J connectivity index is 5.30. The monoisotopic (exact) mass is 434 g/mol. The van der Waals surface area contributed by atoms with Crippen LogP contribution in [0.5, 0.6) is 0 Å². The van der Waals surface area contributed by atoms with Crippen molar-refractivity contribution in [1.29, 1.82) is 0 Å². The molecule has 11 heteroatoms. The van der Waals surface area contributed by atoms with Crippen LogP contribution in [0.15, 0.2) is 0 Å². The van der Waals surface area contributed by atoms with Crippen LogP contribution in [-0.4, -0.2) is 76.2 Å². The number of carboxylic acid groups (broad SMARTS) is 1. The molecule has 0 saturated carbocycles. The summed E-state index contributed by atoms with van der Waals surface area (Å²) < 4.78 is 0. The summed E-state index contributed by atoms with van der Waals surface area (Å²) in [5.41, 5.74) is 5.62. The summed E-state index contributed by atoms with van der Waals surface area (Å²) in [6, 6.07) is -4.20. The largest absolute Gasteiger partial charge is 0.480 e. The summed E-state index contributed by atoms with van der Waals surface area (Å²) in [4.78, 5) is 48.3. The van der Waals surface area contributed by atoms with E-state index in [0.29, 0.717) is 18.6 Å². The second-order valence-corrected chi connectivity index (χ2v) is 8.35. The highest BCUT2D eigenvalue weighted by atomic mass is 32.2. The van der Waals surface area contributed by atoms with Gasteiger partial charge < -0.3 is 31.9 Å². The Hall–Kier alpha value is -1.85. The van der Waals surface area contributed by atoms with Crippen LogP contribution >= 0.6 is 11.8 Å². The summed E-state index contributed by atoms with van der Waals surface area (Å²) in [5.74, 6) is -2.43. The van der Waals surface area contributed by atoms with Crippen molar-refractivity contribution < 1.29 is 29.4 Å². The Morgan fingerprint density at radius 2 is 1.45 bits per heavy atom. The van der Waals surface area contributed by atoms with Crippen molar-refractivity contribution in [2.24, 2.45) is 11.7 Å². The topological polar surface area (TPSA) is 171 Å². The average Bonchev–Trinajstić information content (AvgIpc) is 2.62. The number of aliphatic carboxylic acids is 1. The van der Waals surface area contributed by atoms with E-state index in [-0.39, 0.29) is 5.92 Å². The number of nitrogens with one attached hydrogen (secondary N) is 3. The van der Waals surface area contributed by atoms with Gasteiger partial charge in [0.15, 0.2) is 0 Å². The molecule has 0 spiro atoms. The number of carboxylic acids is 1. The van der Waals surface area contributed by atoms with Crippen LogP contribution < -0.4 is 21.7 Å². The molecular weight excluding hydrogens is 400 g/mol. The molecule has 29 heavy (non-hydrogen) atoms. The second-order valence-electron chi connectivity index (χ2n) is 7.37. The lowest BCUT2D eigenvalue weighted by atomic mass is 10.0. The van der Waals surface area contributed by atoms with Crippen LogP contribution in [0.25, 0.3) is 0 Å². The van der Waals surface area contributed by atoms with Crippen LogP contribution in [0.1, 0.15) is 40.5 Å². The second kappa shape index (κ2) is 13.4. The molecule has 0 aromatic heterocycles. The number of rotatable bonds is 13. The molecule has 0 saturated heterocycles. The fraction of sp³-hybridized carbons (Fsp3) is 0.778. The number of carbonyl (C=O) groups excluding carboxylic acids is 3. The first-order valence-electron chi connectivity index (χ1n) is 9.47. The number of hydrogen-bond acceptors (Lipinski definition) is 7. The highest BCUT2D eigenvalue weighted by Crippen LogP contribution is 2.08. The Morgan fingerprint density at radius 3 is 1.90 bits per heavy atom. The first kappa shape index (κ1) is 27.1. The van der Waals surface area contributed by atoms with Crippen LogP contribution in [0.3, 0.4) is 0 Å². The van der Waals surface area contributed by atoms with Gasteiger partial charge in [-0.25, -0.2) is 0 Å². The Bertz CT molecular complexity index is 573. The van der Waals surface area contributed by atoms with Gasteiger partial charge in [-0.05, 0) is 44.6 Å². The smallest absolute Gasteiger partial charge is 0.325 e. The van der Waals surface area contributed by atoms with Crippen LogP contribution in [0, 0.1) is 5.92 Å². The van der Waals surface area contributed by atoms with Gasteiger partial charge in [0.2, 0.25) is 17.7 Å². The number of thioether (sulfide) groups is 1. The third kappa shape index (κ3) is 10.5. The molecular formula is C18H34N4O6S. The van der Waals surface area contributed by atoms with Gasteiger partial charge in [0.1, 0.15) is 24.2 Å². The van der Waals surface area contributed by atoms with Crippen molar-refractivity contribution in [3.05, 3.63) is 0 Å². The summed E-state index contributed by atoms with van der Waals surface area (Å²) in [5, 5.41) is 25.9. The molecule has 0 aliphatic carbocycles. The molecule has 0 bridgehead atoms. The van der Waals surface area contributed by atoms with E-state index in [1.807, 2.05) is 20.1 Å². The number of aliphatic hydroxyl groups excluding tert-OH is 1. The lowest BCUT2D eigenvalue weighted by molar-refractivity contribution is -0.141. The molecule has 0 aliphatic heterocycles. The van der Waals surface area contributed by atoms with E-state index in [9.17, 15) is 24.3 Å². The molecule has 0 aromatic rings. The minimum atomic E-state index is -1.19. The number of hydrogen-bond donors (Lipinski definition) is 6. The van der Waals surface area contributed by atoms with E-state index >= 15 is 0 Å². The Morgan fingerprint density at radius 1 is 0.931 bits per heavy atom. The summed E-state index contributed by atoms with van der Waals surface area (Å²) >= 11 is 1.47. The number of amides is 3. The standard InChI is InChI=1S/C18H34N4O6S/c1-9(2)8-13(22-17(26)14(19)11(4)23)16(25)21-12(6-7-29-5)15(24)20-10(3)18(27)28/h9-14,23H,6-8,19H2,1-5H3,(H,20,24)(H,21,25)(H,22,26)(H,27,28). The molecule has 3 amide bonds. The average molecular weight is 435 g/mol. The number of aliphatic hydroxyl groups is 1. The summed E-state index contributed by atoms with van der Waals surface area (Å²) in [6.45, 7) is 6.43. The Labute approximate surface area is 175 Å². The molecule has 7 N–H and O–H groups in total. The predicted octanol–water partition coefficient (Wildman–Crippen LogP) is -0.947. The van der Waals surface area contributed by atoms with E-state index in [2.05, 4.69) is 16.0 Å². The van der Waals surface area contributed by atoms with Gasteiger partial charge in [-0.2, -0.15) is 11.8 Å². The van der Waals surface area contributed by atoms with Crippen molar-refractivity contribution in [3.63, 3.8) is 0 Å². The van der Waals surface area contributed by atoms with E-state index in [0.717, 1.165) is 0 Å². The predicted molar refractivity (Wildman–Crippen MR) is 111 cm³/mol. The Kier molecular flexibility index (Phi) is 12.5. The van der Waals surface area contributed by atoms with Gasteiger partial charge >= 0.3 is 5.97 Å². The van der Waals surface area contributed by atoms with Crippen molar-refractivity contribution in [3.8, 4) is 0 Å². The van der Waals surface area contributed by atoms with Crippen LogP contribution in [0.4, 0.5) is 0 Å². The zero-order chi connectivity index (χ0) is 22.7. The quantitative estimate of drug-likeness (QED) is 0.215. The molecule has 5 unspecified atom stereocenters. The van der Waals surface area contributed by atoms with Gasteiger partial charge in [-0.15, -0.1) is 0 Å². The van der Waals surface area contributed by atoms with Gasteiger partial charge in [0.05, 0.1) is 6.10 Å². The van der Waals surface area contributed by atoms with Crippen molar-refractivity contribution in [2.75, 3.05) is 12.0 Å². The molecule has 168 valence electrons. The molecule has 5 atom stereocenters. The molecule has 0 aliphatic rings.